The number of para-hydroxylation sites is 2. The van der Waals surface area contributed by atoms with Crippen LogP contribution in [0.25, 0.3) is 82.4 Å². The maximum Gasteiger partial charge on any atom is 0.150 e. The Hall–Kier alpha value is -5.77. The van der Waals surface area contributed by atoms with Crippen molar-refractivity contribution in [1.82, 2.24) is 9.55 Å². The highest BCUT2D eigenvalue weighted by molar-refractivity contribution is 6.62. The fourth-order valence-corrected chi connectivity index (χ4v) is 7.91. The van der Waals surface area contributed by atoms with Gasteiger partial charge in [-0.25, -0.2) is 4.98 Å². The highest BCUT2D eigenvalue weighted by Crippen LogP contribution is 2.48. The van der Waals surface area contributed by atoms with Crippen LogP contribution in [0.15, 0.2) is 164 Å². The highest BCUT2D eigenvalue weighted by Gasteiger charge is 2.41. The lowest BCUT2D eigenvalue weighted by Crippen LogP contribution is -2.44. The first-order chi connectivity index (χ1) is 25.2. The predicted molar refractivity (Wildman–Crippen MR) is 231 cm³/mol. The second-order valence-electron chi connectivity index (χ2n) is 15.0. The number of rotatable bonds is 6. The number of aromatic nitrogens is 2. The summed E-state index contributed by atoms with van der Waals surface area (Å²) in [6.45, 7) is 0. The number of nitrogens with zero attached hydrogens (tertiary/aromatic N) is 2. The molecule has 0 radical (unpaired) electrons. The van der Waals surface area contributed by atoms with Gasteiger partial charge in [-0.15, -0.1) is 0 Å². The van der Waals surface area contributed by atoms with Crippen molar-refractivity contribution < 1.29 is 5.11 Å². The maximum atomic E-state index is 12.1. The Morgan fingerprint density at radius 3 is 1.54 bits per heavy atom. The average Bonchev–Trinajstić information content (AvgIpc) is 3.57. The molecule has 9 rings (SSSR count). The van der Waals surface area contributed by atoms with E-state index in [0.29, 0.717) is 5.82 Å². The van der Waals surface area contributed by atoms with E-state index in [1.54, 1.807) is 0 Å². The third-order valence-electron chi connectivity index (χ3n) is 11.1. The Balaban J connectivity index is 1.36. The van der Waals surface area contributed by atoms with Crippen molar-refractivity contribution in [2.24, 2.45) is 0 Å². The summed E-state index contributed by atoms with van der Waals surface area (Å²) >= 11 is 0. The van der Waals surface area contributed by atoms with E-state index < -0.39 is 10.6 Å². The summed E-state index contributed by atoms with van der Waals surface area (Å²) in [6, 6.07) is 58.5. The molecule has 9 aromatic rings. The topological polar surface area (TPSA) is 38.1 Å². The Labute approximate surface area is 307 Å². The summed E-state index contributed by atoms with van der Waals surface area (Å²) in [4.78, 5) is 5.08. The fourth-order valence-electron chi connectivity index (χ4n) is 7.91. The van der Waals surface area contributed by atoms with Crippen molar-refractivity contribution >= 4 is 74.7 Å². The van der Waals surface area contributed by atoms with E-state index in [2.05, 4.69) is 174 Å². The first kappa shape index (κ1) is 32.2. The van der Waals surface area contributed by atoms with Crippen molar-refractivity contribution in [3.63, 3.8) is 0 Å². The summed E-state index contributed by atoms with van der Waals surface area (Å²) < 4.78 is 2.17. The molecule has 1 heterocycles. The van der Waals surface area contributed by atoms with Crippen LogP contribution in [0.2, 0.25) is 5.11 Å². The van der Waals surface area contributed by atoms with Crippen LogP contribution >= 0.6 is 0 Å². The summed E-state index contributed by atoms with van der Waals surface area (Å²) in [5.41, 5.74) is 8.89. The van der Waals surface area contributed by atoms with Crippen LogP contribution in [0.3, 0.4) is 0 Å². The number of hydrogen-bond donors (Lipinski definition) is 1. The van der Waals surface area contributed by atoms with E-state index in [0.717, 1.165) is 27.5 Å². The molecule has 0 aliphatic rings. The molecule has 7 heteroatoms. The molecule has 0 aliphatic heterocycles. The number of aliphatic hydroxyl groups is 1. The predicted octanol–water partition coefficient (Wildman–Crippen LogP) is 7.24. The average molecular weight is 664 g/mol. The van der Waals surface area contributed by atoms with Gasteiger partial charge < -0.3 is 5.11 Å². The van der Waals surface area contributed by atoms with Gasteiger partial charge in [0.2, 0.25) is 0 Å². The highest BCUT2D eigenvalue weighted by atomic mass is 16.3. The minimum atomic E-state index is -1.20. The van der Waals surface area contributed by atoms with E-state index in [-0.39, 0.29) is 0 Å². The van der Waals surface area contributed by atoms with Crippen LogP contribution in [0, 0.1) is 0 Å². The second kappa shape index (κ2) is 12.2. The first-order valence-electron chi connectivity index (χ1n) is 18.0. The second-order valence-corrected chi connectivity index (χ2v) is 15.0. The van der Waals surface area contributed by atoms with Crippen molar-refractivity contribution in [3.8, 4) is 39.1 Å². The van der Waals surface area contributed by atoms with Crippen molar-refractivity contribution in [1.29, 1.82) is 0 Å². The van der Waals surface area contributed by atoms with Gasteiger partial charge in [0.05, 0.1) is 45.8 Å². The lowest BCUT2D eigenvalue weighted by Gasteiger charge is -2.37. The lowest BCUT2D eigenvalue weighted by molar-refractivity contribution is 0.118. The zero-order valence-corrected chi connectivity index (χ0v) is 29.9. The van der Waals surface area contributed by atoms with E-state index in [4.69, 9.17) is 4.98 Å². The van der Waals surface area contributed by atoms with Gasteiger partial charge in [-0.3, -0.25) is 4.57 Å². The normalized spacial score (nSPS) is 13.2. The number of fused-ring (bicyclic) bond motifs is 4. The zero-order chi connectivity index (χ0) is 35.6. The molecule has 0 fully saturated rings. The van der Waals surface area contributed by atoms with E-state index >= 15 is 0 Å². The Morgan fingerprint density at radius 1 is 0.442 bits per heavy atom. The molecule has 3 nitrogen and oxygen atoms in total. The Morgan fingerprint density at radius 2 is 0.923 bits per heavy atom. The van der Waals surface area contributed by atoms with Crippen LogP contribution in [-0.4, -0.2) is 46.0 Å². The standard InChI is InChI=1S/C45H36B4N2O/c46-44(52,45(47,48)49)43-50-38-24-12-13-25-40(38)51(43)39-27-26-37(30-17-5-6-18-31(30)39)42-35-22-10-8-20-33(35)41(34-21-9-11-23-36(34)42)32-19-7-4-16-29(32)28-14-2-1-3-15-28/h1-27,52H,46-49H2. The van der Waals surface area contributed by atoms with Gasteiger partial charge in [-0.05, 0) is 78.5 Å². The summed E-state index contributed by atoms with van der Waals surface area (Å²) in [7, 11) is 8.08. The van der Waals surface area contributed by atoms with Gasteiger partial charge in [0.25, 0.3) is 0 Å². The van der Waals surface area contributed by atoms with Crippen LogP contribution in [-0.2, 0) is 5.50 Å². The molecule has 0 spiro atoms. The van der Waals surface area contributed by atoms with Gasteiger partial charge in [0.15, 0.2) is 7.85 Å². The third-order valence-corrected chi connectivity index (χ3v) is 11.1. The third kappa shape index (κ3) is 4.95. The minimum Gasteiger partial charge on any atom is -0.393 e. The Bertz CT molecular complexity index is 2760. The minimum absolute atomic E-state index is 0.458. The molecule has 0 bridgehead atoms. The van der Waals surface area contributed by atoms with Crippen molar-refractivity contribution in [2.75, 3.05) is 0 Å². The Kier molecular flexibility index (Phi) is 7.53. The smallest absolute Gasteiger partial charge is 0.150 e. The summed E-state index contributed by atoms with van der Waals surface area (Å²) in [6.07, 6.45) is 0. The largest absolute Gasteiger partial charge is 0.393 e. The van der Waals surface area contributed by atoms with Gasteiger partial charge in [-0.2, -0.15) is 0 Å². The van der Waals surface area contributed by atoms with Gasteiger partial charge in [-0.1, -0.05) is 151 Å². The molecular formula is C45H36B4N2O. The van der Waals surface area contributed by atoms with E-state index in [1.807, 2.05) is 26.0 Å². The molecule has 1 aromatic heterocycles. The zero-order valence-electron chi connectivity index (χ0n) is 29.9. The van der Waals surface area contributed by atoms with E-state index in [1.165, 1.54) is 54.9 Å². The molecule has 0 saturated carbocycles. The van der Waals surface area contributed by atoms with Gasteiger partial charge >= 0.3 is 0 Å². The molecule has 0 saturated heterocycles. The molecule has 244 valence electrons. The molecule has 1 unspecified atom stereocenters. The van der Waals surface area contributed by atoms with E-state index in [9.17, 15) is 5.11 Å². The van der Waals surface area contributed by atoms with Gasteiger partial charge in [0.1, 0.15) is 5.82 Å². The lowest BCUT2D eigenvalue weighted by atomic mass is 9.32. The maximum absolute atomic E-state index is 12.1. The van der Waals surface area contributed by atoms with Crippen molar-refractivity contribution in [2.45, 2.75) is 10.6 Å². The quantitative estimate of drug-likeness (QED) is 0.151. The molecule has 0 amide bonds. The number of benzene rings is 8. The van der Waals surface area contributed by atoms with Crippen LogP contribution in [0.4, 0.5) is 0 Å². The monoisotopic (exact) mass is 664 g/mol. The van der Waals surface area contributed by atoms with Crippen LogP contribution < -0.4 is 0 Å². The summed E-state index contributed by atoms with van der Waals surface area (Å²) in [5.74, 6) is 0.636. The molecule has 0 aliphatic carbocycles. The molecule has 1 N–H and O–H groups in total. The van der Waals surface area contributed by atoms with Crippen LogP contribution in [0.5, 0.6) is 0 Å². The number of hydrogen-bond acceptors (Lipinski definition) is 2. The van der Waals surface area contributed by atoms with Gasteiger partial charge in [0, 0.05) is 5.39 Å². The molecule has 52 heavy (non-hydrogen) atoms. The first-order valence-corrected chi connectivity index (χ1v) is 18.0. The molecule has 8 aromatic carbocycles. The van der Waals surface area contributed by atoms with Crippen LogP contribution in [0.1, 0.15) is 5.82 Å². The fraction of sp³-hybridized carbons (Fsp3) is 0.0444. The molecule has 1 atom stereocenters. The molecular weight excluding hydrogens is 628 g/mol. The SMILES string of the molecule is BC(B)(B)C(B)(O)c1nc2ccccc2n1-c1ccc(-c2c3ccccc3c(-c3ccccc3-c3ccccc3)c3ccccc23)c2ccccc12. The summed E-state index contributed by atoms with van der Waals surface area (Å²) in [5, 5.41) is 18.8. The number of imidazole rings is 1. The van der Waals surface area contributed by atoms with Crippen molar-refractivity contribution in [3.05, 3.63) is 170 Å².